The molecule has 0 radical (unpaired) electrons. The van der Waals surface area contributed by atoms with Crippen LogP contribution in [0.5, 0.6) is 0 Å². The number of nitrogens with zero attached hydrogens (tertiary/aromatic N) is 3. The zero-order valence-corrected chi connectivity index (χ0v) is 15.1. The summed E-state index contributed by atoms with van der Waals surface area (Å²) in [6.45, 7) is 2.35. The quantitative estimate of drug-likeness (QED) is 0.255. The third kappa shape index (κ3) is 4.60. The zero-order valence-electron chi connectivity index (χ0n) is 14.4. The predicted molar refractivity (Wildman–Crippen MR) is 99.4 cm³/mol. The molecule has 2 aromatic carbocycles. The first kappa shape index (κ1) is 18.8. The van der Waals surface area contributed by atoms with Crippen molar-refractivity contribution in [3.05, 3.63) is 76.3 Å². The van der Waals surface area contributed by atoms with E-state index >= 15 is 0 Å². The first-order valence-corrected chi connectivity index (χ1v) is 8.50. The second kappa shape index (κ2) is 8.61. The minimum absolute atomic E-state index is 0.00286. The molecule has 0 bridgehead atoms. The van der Waals surface area contributed by atoms with Gasteiger partial charge in [0.2, 0.25) is 5.84 Å². The lowest BCUT2D eigenvalue weighted by Crippen LogP contribution is -2.22. The molecule has 0 saturated carbocycles. The molecule has 0 fully saturated rings. The Bertz CT molecular complexity index is 933. The van der Waals surface area contributed by atoms with Crippen molar-refractivity contribution in [3.8, 4) is 0 Å². The second-order valence-corrected chi connectivity index (χ2v) is 6.18. The fraction of sp³-hybridized carbons (Fsp3) is 0.167. The van der Waals surface area contributed by atoms with Crippen molar-refractivity contribution in [3.63, 3.8) is 0 Å². The van der Waals surface area contributed by atoms with Crippen molar-refractivity contribution >= 4 is 23.1 Å². The molecule has 0 unspecified atom stereocenters. The van der Waals surface area contributed by atoms with Crippen molar-refractivity contribution in [1.82, 2.24) is 15.6 Å². The lowest BCUT2D eigenvalue weighted by molar-refractivity contribution is 0.299. The fourth-order valence-electron chi connectivity index (χ4n) is 2.45. The normalized spacial score (nSPS) is 12.8. The van der Waals surface area contributed by atoms with Crippen LogP contribution >= 0.6 is 11.6 Å². The number of benzene rings is 2. The van der Waals surface area contributed by atoms with Gasteiger partial charge in [-0.2, -0.15) is 0 Å². The van der Waals surface area contributed by atoms with Gasteiger partial charge in [0.1, 0.15) is 11.5 Å². The lowest BCUT2D eigenvalue weighted by Gasteiger charge is -2.13. The second-order valence-electron chi connectivity index (χ2n) is 5.78. The highest BCUT2D eigenvalue weighted by Gasteiger charge is 2.18. The summed E-state index contributed by atoms with van der Waals surface area (Å²) < 4.78 is 18.1. The minimum atomic E-state index is -0.549. The van der Waals surface area contributed by atoms with E-state index in [0.29, 0.717) is 17.9 Å². The molecule has 140 valence electrons. The third-order valence-corrected chi connectivity index (χ3v) is 4.23. The molecule has 0 aliphatic heterocycles. The van der Waals surface area contributed by atoms with Crippen LogP contribution in [0, 0.1) is 5.82 Å². The van der Waals surface area contributed by atoms with Crippen LogP contribution in [0.4, 0.5) is 10.1 Å². The SMILES string of the molecule is C[C@H](NCc1nonc1C(=NO)Nc1ccc(F)c(Cl)c1)c1ccccc1. The molecule has 0 aliphatic carbocycles. The van der Waals surface area contributed by atoms with Gasteiger partial charge in [-0.05, 0) is 35.8 Å². The summed E-state index contributed by atoms with van der Waals surface area (Å²) in [6, 6.07) is 14.0. The van der Waals surface area contributed by atoms with Crippen LogP contribution in [0.3, 0.4) is 0 Å². The van der Waals surface area contributed by atoms with E-state index in [1.54, 1.807) is 0 Å². The molecule has 1 aromatic heterocycles. The Balaban J connectivity index is 1.71. The average Bonchev–Trinajstić information content (AvgIpc) is 3.16. The molecule has 3 rings (SSSR count). The van der Waals surface area contributed by atoms with Crippen LogP contribution in [-0.2, 0) is 6.54 Å². The number of hydrogen-bond donors (Lipinski definition) is 3. The number of oxime groups is 1. The van der Waals surface area contributed by atoms with Gasteiger partial charge in [-0.15, -0.1) is 0 Å². The Morgan fingerprint density at radius 3 is 2.74 bits per heavy atom. The van der Waals surface area contributed by atoms with Gasteiger partial charge in [-0.1, -0.05) is 52.2 Å². The van der Waals surface area contributed by atoms with Gasteiger partial charge in [0, 0.05) is 18.3 Å². The van der Waals surface area contributed by atoms with Gasteiger partial charge in [0.25, 0.3) is 0 Å². The summed E-state index contributed by atoms with van der Waals surface area (Å²) in [4.78, 5) is 0. The maximum Gasteiger partial charge on any atom is 0.201 e. The number of nitrogens with one attached hydrogen (secondary N) is 2. The van der Waals surface area contributed by atoms with E-state index in [1.807, 2.05) is 37.3 Å². The molecule has 0 spiro atoms. The molecule has 0 saturated heterocycles. The third-order valence-electron chi connectivity index (χ3n) is 3.94. The number of rotatable bonds is 6. The molecule has 0 aliphatic rings. The molecule has 7 nitrogen and oxygen atoms in total. The van der Waals surface area contributed by atoms with Gasteiger partial charge in [-0.25, -0.2) is 9.02 Å². The van der Waals surface area contributed by atoms with Crippen LogP contribution in [0.1, 0.15) is 29.9 Å². The van der Waals surface area contributed by atoms with Gasteiger partial charge < -0.3 is 15.8 Å². The summed E-state index contributed by atoms with van der Waals surface area (Å²) in [6.07, 6.45) is 0. The highest BCUT2D eigenvalue weighted by Crippen LogP contribution is 2.20. The predicted octanol–water partition coefficient (Wildman–Crippen LogP) is 3.96. The van der Waals surface area contributed by atoms with Crippen LogP contribution in [0.15, 0.2) is 58.3 Å². The smallest absolute Gasteiger partial charge is 0.201 e. The van der Waals surface area contributed by atoms with E-state index in [2.05, 4.69) is 26.1 Å². The van der Waals surface area contributed by atoms with E-state index in [1.165, 1.54) is 18.2 Å². The van der Waals surface area contributed by atoms with Crippen LogP contribution in [0.2, 0.25) is 5.02 Å². The van der Waals surface area contributed by atoms with Crippen LogP contribution in [0.25, 0.3) is 0 Å². The molecule has 3 N–H and O–H groups in total. The number of aromatic nitrogens is 2. The Morgan fingerprint density at radius 1 is 1.26 bits per heavy atom. The Hall–Kier alpha value is -2.97. The van der Waals surface area contributed by atoms with Crippen molar-refractivity contribution in [2.45, 2.75) is 19.5 Å². The molecule has 27 heavy (non-hydrogen) atoms. The van der Waals surface area contributed by atoms with E-state index in [0.717, 1.165) is 5.56 Å². The molecular formula is C18H17ClFN5O2. The zero-order chi connectivity index (χ0) is 19.2. The number of halogens is 2. The number of hydrogen-bond acceptors (Lipinski definition) is 6. The van der Waals surface area contributed by atoms with Crippen molar-refractivity contribution in [1.29, 1.82) is 0 Å². The van der Waals surface area contributed by atoms with Gasteiger partial charge in [-0.3, -0.25) is 0 Å². The van der Waals surface area contributed by atoms with Crippen molar-refractivity contribution in [2.75, 3.05) is 5.32 Å². The van der Waals surface area contributed by atoms with E-state index in [4.69, 9.17) is 16.2 Å². The van der Waals surface area contributed by atoms with Gasteiger partial charge in [0.15, 0.2) is 5.69 Å². The molecule has 3 aromatic rings. The van der Waals surface area contributed by atoms with Crippen molar-refractivity contribution < 1.29 is 14.2 Å². The Labute approximate surface area is 159 Å². The lowest BCUT2D eigenvalue weighted by atomic mass is 10.1. The molecule has 0 amide bonds. The summed E-state index contributed by atoms with van der Waals surface area (Å²) >= 11 is 5.77. The maximum absolute atomic E-state index is 13.3. The van der Waals surface area contributed by atoms with Crippen LogP contribution in [-0.4, -0.2) is 21.4 Å². The van der Waals surface area contributed by atoms with Crippen molar-refractivity contribution in [2.24, 2.45) is 5.16 Å². The van der Waals surface area contributed by atoms with E-state index < -0.39 is 5.82 Å². The van der Waals surface area contributed by atoms with Crippen LogP contribution < -0.4 is 10.6 Å². The maximum atomic E-state index is 13.3. The summed E-state index contributed by atoms with van der Waals surface area (Å²) in [7, 11) is 0. The molecule has 9 heteroatoms. The number of anilines is 1. The first-order chi connectivity index (χ1) is 13.1. The van der Waals surface area contributed by atoms with E-state index in [9.17, 15) is 9.60 Å². The topological polar surface area (TPSA) is 95.6 Å². The largest absolute Gasteiger partial charge is 0.409 e. The fourth-order valence-corrected chi connectivity index (χ4v) is 2.63. The summed E-state index contributed by atoms with van der Waals surface area (Å²) in [5.74, 6) is -0.546. The standard InChI is InChI=1S/C18H17ClFN5O2/c1-11(12-5-3-2-4-6-12)21-10-16-17(25-27-24-16)18(23-26)22-13-7-8-15(20)14(19)9-13/h2-9,11,21,26H,10H2,1H3,(H,22,23)/t11-/m0/s1. The molecule has 1 heterocycles. The highest BCUT2D eigenvalue weighted by molar-refractivity contribution is 6.31. The average molecular weight is 390 g/mol. The minimum Gasteiger partial charge on any atom is -0.409 e. The summed E-state index contributed by atoms with van der Waals surface area (Å²) in [5, 5.41) is 26.3. The summed E-state index contributed by atoms with van der Waals surface area (Å²) in [5.41, 5.74) is 2.22. The Kier molecular flexibility index (Phi) is 6.00. The van der Waals surface area contributed by atoms with Gasteiger partial charge in [0.05, 0.1) is 5.02 Å². The molecule has 1 atom stereocenters. The van der Waals surface area contributed by atoms with Gasteiger partial charge >= 0.3 is 0 Å². The Morgan fingerprint density at radius 2 is 2.04 bits per heavy atom. The monoisotopic (exact) mass is 389 g/mol. The first-order valence-electron chi connectivity index (χ1n) is 8.12. The highest BCUT2D eigenvalue weighted by atomic mass is 35.5. The molecular weight excluding hydrogens is 373 g/mol. The van der Waals surface area contributed by atoms with E-state index in [-0.39, 0.29) is 22.6 Å². The number of amidine groups is 1.